The average molecular weight is 605 g/mol. The molecule has 0 bridgehead atoms. The summed E-state index contributed by atoms with van der Waals surface area (Å²) in [5.74, 6) is -0.0975. The van der Waals surface area contributed by atoms with Crippen LogP contribution in [0, 0.1) is 17.7 Å². The van der Waals surface area contributed by atoms with Gasteiger partial charge < -0.3 is 34.6 Å². The fraction of sp³-hybridized carbons (Fsp3) is 0.758. The summed E-state index contributed by atoms with van der Waals surface area (Å²) < 4.78 is 30.4. The molecule has 0 aromatic heterocycles. The molecule has 1 saturated heterocycles. The summed E-state index contributed by atoms with van der Waals surface area (Å²) in [5.41, 5.74) is 1.96. The molecule has 2 fully saturated rings. The molecule has 0 radical (unpaired) electrons. The first-order chi connectivity index (χ1) is 20.9. The minimum atomic E-state index is -0.446. The Kier molecular flexibility index (Phi) is 13.5. The minimum Gasteiger partial charge on any atom is -0.382 e. The quantitative estimate of drug-likeness (QED) is 0.259. The lowest BCUT2D eigenvalue weighted by Gasteiger charge is -2.35. The van der Waals surface area contributed by atoms with Crippen molar-refractivity contribution in [1.82, 2.24) is 15.5 Å². The molecule has 4 atom stereocenters. The van der Waals surface area contributed by atoms with Gasteiger partial charge in [-0.1, -0.05) is 39.2 Å². The number of nitrogens with one attached hydrogen (secondary N) is 2. The van der Waals surface area contributed by atoms with Gasteiger partial charge in [0, 0.05) is 50.9 Å². The summed E-state index contributed by atoms with van der Waals surface area (Å²) in [7, 11) is 1.64. The number of hydrogen-bond donors (Lipinski definition) is 2. The smallest absolute Gasteiger partial charge is 0.245 e. The molecular formula is C33H53FN4O5. The third kappa shape index (κ3) is 9.36. The highest BCUT2D eigenvalue weighted by molar-refractivity contribution is 5.89. The van der Waals surface area contributed by atoms with E-state index in [0.29, 0.717) is 52.7 Å². The molecule has 9 nitrogen and oxygen atoms in total. The lowest BCUT2D eigenvalue weighted by atomic mass is 9.83. The van der Waals surface area contributed by atoms with Crippen molar-refractivity contribution in [3.63, 3.8) is 0 Å². The lowest BCUT2D eigenvalue weighted by Crippen LogP contribution is -2.55. The number of amides is 2. The Balaban J connectivity index is 1.34. The zero-order valence-corrected chi connectivity index (χ0v) is 26.5. The molecule has 2 aliphatic heterocycles. The van der Waals surface area contributed by atoms with Gasteiger partial charge in [-0.2, -0.15) is 0 Å². The highest BCUT2D eigenvalue weighted by Gasteiger charge is 2.39. The van der Waals surface area contributed by atoms with Crippen LogP contribution in [0.5, 0.6) is 0 Å². The number of benzene rings is 1. The van der Waals surface area contributed by atoms with Gasteiger partial charge in [-0.15, -0.1) is 0 Å². The Morgan fingerprint density at radius 1 is 1.02 bits per heavy atom. The van der Waals surface area contributed by atoms with Gasteiger partial charge in [0.2, 0.25) is 11.8 Å². The number of rotatable bonds is 17. The summed E-state index contributed by atoms with van der Waals surface area (Å²) in [6.07, 6.45) is 8.06. The summed E-state index contributed by atoms with van der Waals surface area (Å²) >= 11 is 0. The van der Waals surface area contributed by atoms with Gasteiger partial charge in [0.25, 0.3) is 0 Å². The van der Waals surface area contributed by atoms with Crippen molar-refractivity contribution in [3.05, 3.63) is 29.6 Å². The highest BCUT2D eigenvalue weighted by Crippen LogP contribution is 2.36. The molecule has 2 N–H and O–H groups in total. The first kappa shape index (κ1) is 33.6. The van der Waals surface area contributed by atoms with Crippen LogP contribution in [0.3, 0.4) is 0 Å². The lowest BCUT2D eigenvalue weighted by molar-refractivity contribution is -0.140. The van der Waals surface area contributed by atoms with Gasteiger partial charge in [-0.3, -0.25) is 9.59 Å². The number of anilines is 1. The average Bonchev–Trinajstić information content (AvgIpc) is 3.63. The number of halogens is 1. The molecule has 3 aliphatic rings. The third-order valence-electron chi connectivity index (χ3n) is 9.43. The van der Waals surface area contributed by atoms with E-state index in [1.807, 2.05) is 24.8 Å². The van der Waals surface area contributed by atoms with Crippen LogP contribution in [0.1, 0.15) is 76.8 Å². The van der Waals surface area contributed by atoms with E-state index in [0.717, 1.165) is 62.7 Å². The molecule has 1 aliphatic carbocycles. The molecule has 1 unspecified atom stereocenters. The Morgan fingerprint density at radius 2 is 1.77 bits per heavy atom. The van der Waals surface area contributed by atoms with Crippen LogP contribution in [0.15, 0.2) is 18.2 Å². The second-order valence-corrected chi connectivity index (χ2v) is 12.3. The van der Waals surface area contributed by atoms with E-state index in [4.69, 9.17) is 14.2 Å². The number of methoxy groups -OCH3 is 1. The fourth-order valence-electron chi connectivity index (χ4n) is 6.65. The number of ether oxygens (including phenoxy) is 3. The Labute approximate surface area is 257 Å². The maximum atomic E-state index is 14.2. The van der Waals surface area contributed by atoms with E-state index in [2.05, 4.69) is 15.5 Å². The number of likely N-dealkylation sites (tertiary alicyclic amines) is 1. The molecule has 2 heterocycles. The van der Waals surface area contributed by atoms with E-state index in [-0.39, 0.29) is 41.6 Å². The van der Waals surface area contributed by atoms with Crippen LogP contribution >= 0.6 is 0 Å². The van der Waals surface area contributed by atoms with E-state index < -0.39 is 6.04 Å². The van der Waals surface area contributed by atoms with E-state index in [1.54, 1.807) is 13.2 Å². The monoisotopic (exact) mass is 604 g/mol. The van der Waals surface area contributed by atoms with Crippen molar-refractivity contribution in [2.45, 2.75) is 83.3 Å². The number of carbonyl (C=O) groups excluding carboxylic acids is 2. The number of nitrogens with zero attached hydrogens (tertiary/aromatic N) is 2. The van der Waals surface area contributed by atoms with Crippen molar-refractivity contribution in [1.29, 1.82) is 0 Å². The fourth-order valence-corrected chi connectivity index (χ4v) is 6.65. The topological polar surface area (TPSA) is 92.4 Å². The van der Waals surface area contributed by atoms with E-state index in [1.165, 1.54) is 12.5 Å². The molecule has 10 heteroatoms. The van der Waals surface area contributed by atoms with Crippen LogP contribution < -0.4 is 15.5 Å². The minimum absolute atomic E-state index is 0.0159. The van der Waals surface area contributed by atoms with Crippen molar-refractivity contribution < 1.29 is 28.2 Å². The SMILES string of the molecule is CC[C@@H](C)C(=O)N[C@H](C(=O)N1CCC[C@H]1CNC1CN(CCOCCOCCOC)c2cc(F)ccc21)C1CCCCC1. The molecule has 0 spiro atoms. The molecular weight excluding hydrogens is 551 g/mol. The van der Waals surface area contributed by atoms with Crippen molar-refractivity contribution in [3.8, 4) is 0 Å². The van der Waals surface area contributed by atoms with E-state index >= 15 is 0 Å². The zero-order valence-electron chi connectivity index (χ0n) is 26.5. The second-order valence-electron chi connectivity index (χ2n) is 12.3. The van der Waals surface area contributed by atoms with Gasteiger partial charge in [-0.05, 0) is 55.7 Å². The predicted molar refractivity (Wildman–Crippen MR) is 166 cm³/mol. The summed E-state index contributed by atoms with van der Waals surface area (Å²) in [6.45, 7) is 9.32. The molecule has 242 valence electrons. The van der Waals surface area contributed by atoms with Crippen molar-refractivity contribution >= 4 is 17.5 Å². The molecule has 1 aromatic carbocycles. The van der Waals surface area contributed by atoms with Crippen LogP contribution in [0.4, 0.5) is 10.1 Å². The zero-order chi connectivity index (χ0) is 30.6. The standard InChI is InChI=1S/C33H53FN4O5/c1-4-24(2)32(39)36-31(25-9-6-5-7-10-25)33(40)38-14-8-11-27(38)22-35-29-23-37(30-21-26(34)12-13-28(29)30)15-16-42-19-20-43-18-17-41-3/h12-13,21,24-25,27,29,31,35H,4-11,14-20,22-23H2,1-3H3,(H,36,39)/t24-,27+,29?,31+/m1/s1. The van der Waals surface area contributed by atoms with Gasteiger partial charge in [0.05, 0.1) is 39.1 Å². The Bertz CT molecular complexity index is 1020. The summed E-state index contributed by atoms with van der Waals surface area (Å²) in [6, 6.07) is 4.64. The molecule has 4 rings (SSSR count). The molecule has 1 aromatic rings. The number of carbonyl (C=O) groups is 2. The number of hydrogen-bond acceptors (Lipinski definition) is 7. The van der Waals surface area contributed by atoms with Crippen LogP contribution in [0.2, 0.25) is 0 Å². The van der Waals surface area contributed by atoms with E-state index in [9.17, 15) is 14.0 Å². The molecule has 1 saturated carbocycles. The predicted octanol–water partition coefficient (Wildman–Crippen LogP) is 4.06. The van der Waals surface area contributed by atoms with Gasteiger partial charge in [-0.25, -0.2) is 4.39 Å². The maximum Gasteiger partial charge on any atom is 0.245 e. The maximum absolute atomic E-state index is 14.2. The van der Waals surface area contributed by atoms with Crippen LogP contribution in [0.25, 0.3) is 0 Å². The molecule has 2 amide bonds. The number of fused-ring (bicyclic) bond motifs is 1. The highest BCUT2D eigenvalue weighted by atomic mass is 19.1. The van der Waals surface area contributed by atoms with Crippen molar-refractivity contribution in [2.75, 3.05) is 71.2 Å². The van der Waals surface area contributed by atoms with Crippen LogP contribution in [-0.4, -0.2) is 95.1 Å². The third-order valence-corrected chi connectivity index (χ3v) is 9.43. The Morgan fingerprint density at radius 3 is 2.51 bits per heavy atom. The first-order valence-electron chi connectivity index (χ1n) is 16.5. The van der Waals surface area contributed by atoms with Gasteiger partial charge in [0.15, 0.2) is 0 Å². The van der Waals surface area contributed by atoms with Crippen molar-refractivity contribution in [2.24, 2.45) is 11.8 Å². The van der Waals surface area contributed by atoms with Gasteiger partial charge in [0.1, 0.15) is 11.9 Å². The summed E-state index contributed by atoms with van der Waals surface area (Å²) in [5, 5.41) is 6.89. The molecule has 43 heavy (non-hydrogen) atoms. The van der Waals surface area contributed by atoms with Gasteiger partial charge >= 0.3 is 0 Å². The summed E-state index contributed by atoms with van der Waals surface area (Å²) in [4.78, 5) is 31.1. The van der Waals surface area contributed by atoms with Crippen LogP contribution in [-0.2, 0) is 23.8 Å². The second kappa shape index (κ2) is 17.3. The largest absolute Gasteiger partial charge is 0.382 e. The normalized spacial score (nSPS) is 22.0. The Hall–Kier alpha value is -2.27. The first-order valence-corrected chi connectivity index (χ1v) is 16.5.